The lowest BCUT2D eigenvalue weighted by Crippen LogP contribution is -2.49. The van der Waals surface area contributed by atoms with Gasteiger partial charge in [-0.2, -0.15) is 4.31 Å². The van der Waals surface area contributed by atoms with E-state index < -0.39 is 10.0 Å². The molecule has 0 aliphatic carbocycles. The first-order valence-electron chi connectivity index (χ1n) is 10.7. The van der Waals surface area contributed by atoms with Crippen LogP contribution in [0.1, 0.15) is 36.9 Å². The molecule has 2 aromatic rings. The number of aryl methyl sites for hydroxylation is 1. The molecule has 162 valence electrons. The minimum absolute atomic E-state index is 0.215. The van der Waals surface area contributed by atoms with Crippen LogP contribution >= 0.6 is 0 Å². The van der Waals surface area contributed by atoms with Gasteiger partial charge < -0.3 is 9.47 Å². The van der Waals surface area contributed by atoms with Gasteiger partial charge in [0.05, 0.1) is 22.8 Å². The van der Waals surface area contributed by atoms with Crippen molar-refractivity contribution >= 4 is 10.0 Å². The minimum atomic E-state index is -3.45. The summed E-state index contributed by atoms with van der Waals surface area (Å²) in [6.07, 6.45) is 5.19. The van der Waals surface area contributed by atoms with Crippen molar-refractivity contribution in [3.05, 3.63) is 59.9 Å². The number of benzene rings is 1. The lowest BCUT2D eigenvalue weighted by Gasteiger charge is -2.41. The molecule has 30 heavy (non-hydrogen) atoms. The van der Waals surface area contributed by atoms with E-state index in [1.54, 1.807) is 22.6 Å². The van der Waals surface area contributed by atoms with E-state index in [2.05, 4.69) is 4.98 Å². The van der Waals surface area contributed by atoms with Crippen molar-refractivity contribution in [3.63, 3.8) is 0 Å². The van der Waals surface area contributed by atoms with Crippen LogP contribution in [0.25, 0.3) is 0 Å². The van der Waals surface area contributed by atoms with Gasteiger partial charge in [0, 0.05) is 32.5 Å². The maximum Gasteiger partial charge on any atom is 0.243 e. The first-order chi connectivity index (χ1) is 14.5. The lowest BCUT2D eigenvalue weighted by molar-refractivity contribution is -0.0619. The van der Waals surface area contributed by atoms with Crippen molar-refractivity contribution in [2.24, 2.45) is 5.92 Å². The van der Waals surface area contributed by atoms with Gasteiger partial charge in [-0.05, 0) is 62.8 Å². The third kappa shape index (κ3) is 4.59. The molecule has 1 aromatic carbocycles. The molecule has 0 amide bonds. The van der Waals surface area contributed by atoms with Crippen LogP contribution in [0, 0.1) is 12.8 Å². The van der Waals surface area contributed by atoms with E-state index in [1.165, 1.54) is 0 Å². The maximum atomic E-state index is 13.0. The molecule has 2 fully saturated rings. The van der Waals surface area contributed by atoms with Crippen molar-refractivity contribution < 1.29 is 17.9 Å². The van der Waals surface area contributed by atoms with E-state index in [0.29, 0.717) is 37.1 Å². The van der Waals surface area contributed by atoms with Gasteiger partial charge in [-0.1, -0.05) is 23.8 Å². The molecule has 1 atom stereocenters. The summed E-state index contributed by atoms with van der Waals surface area (Å²) in [5.74, 6) is 0.408. The maximum absolute atomic E-state index is 13.0. The zero-order valence-electron chi connectivity index (χ0n) is 17.5. The van der Waals surface area contributed by atoms with Crippen LogP contribution in [0.15, 0.2) is 53.6 Å². The average Bonchev–Trinajstić information content (AvgIpc) is 3.14. The van der Waals surface area contributed by atoms with Crippen molar-refractivity contribution in [1.29, 1.82) is 0 Å². The molecule has 0 unspecified atom stereocenters. The van der Waals surface area contributed by atoms with Crippen LogP contribution in [0.2, 0.25) is 0 Å². The second-order valence-corrected chi connectivity index (χ2v) is 10.2. The molecule has 0 N–H and O–H groups in total. The molecule has 1 aromatic heterocycles. The highest BCUT2D eigenvalue weighted by Crippen LogP contribution is 2.43. The Hall–Kier alpha value is -1.80. The van der Waals surface area contributed by atoms with E-state index in [9.17, 15) is 8.42 Å². The highest BCUT2D eigenvalue weighted by atomic mass is 32.2. The molecule has 2 aliphatic rings. The van der Waals surface area contributed by atoms with Gasteiger partial charge >= 0.3 is 0 Å². The summed E-state index contributed by atoms with van der Waals surface area (Å²) < 4.78 is 39.6. The summed E-state index contributed by atoms with van der Waals surface area (Å²) in [6.45, 7) is 4.89. The Morgan fingerprint density at radius 3 is 2.63 bits per heavy atom. The Balaban J connectivity index is 1.31. The fraction of sp³-hybridized carbons (Fsp3) is 0.522. The standard InChI is InChI=1S/C23H30N2O4S/c1-19-5-7-22(8-6-19)30(26,27)25-14-11-23(12-15-25)20(10-17-29-23)9-16-28-18-21-4-2-3-13-24-21/h2-8,13,20H,9-12,14-18H2,1H3/t20-/m0/s1. The van der Waals surface area contributed by atoms with Gasteiger partial charge in [-0.3, -0.25) is 4.98 Å². The number of hydrogen-bond acceptors (Lipinski definition) is 5. The Morgan fingerprint density at radius 2 is 1.93 bits per heavy atom. The van der Waals surface area contributed by atoms with Crippen LogP contribution < -0.4 is 0 Å². The number of ether oxygens (including phenoxy) is 2. The summed E-state index contributed by atoms with van der Waals surface area (Å²) in [5, 5.41) is 0. The number of hydrogen-bond donors (Lipinski definition) is 0. The zero-order chi connectivity index (χ0) is 21.0. The highest BCUT2D eigenvalue weighted by molar-refractivity contribution is 7.89. The Morgan fingerprint density at radius 1 is 1.17 bits per heavy atom. The summed E-state index contributed by atoms with van der Waals surface area (Å²) in [6, 6.07) is 12.9. The molecule has 1 spiro atoms. The fourth-order valence-corrected chi connectivity index (χ4v) is 6.04. The molecular formula is C23H30N2O4S. The third-order valence-corrected chi connectivity index (χ3v) is 8.33. The van der Waals surface area contributed by atoms with Gasteiger partial charge in [0.15, 0.2) is 0 Å². The first-order valence-corrected chi connectivity index (χ1v) is 12.1. The molecular weight excluding hydrogens is 400 g/mol. The highest BCUT2D eigenvalue weighted by Gasteiger charge is 2.47. The largest absolute Gasteiger partial charge is 0.375 e. The van der Waals surface area contributed by atoms with Crippen LogP contribution in [-0.4, -0.2) is 49.6 Å². The van der Waals surface area contributed by atoms with Crippen LogP contribution in [-0.2, 0) is 26.1 Å². The quantitative estimate of drug-likeness (QED) is 0.629. The van der Waals surface area contributed by atoms with Crippen LogP contribution in [0.5, 0.6) is 0 Å². The van der Waals surface area contributed by atoms with E-state index in [0.717, 1.165) is 43.5 Å². The number of aromatic nitrogens is 1. The zero-order valence-corrected chi connectivity index (χ0v) is 18.3. The van der Waals surface area contributed by atoms with Crippen molar-refractivity contribution in [2.75, 3.05) is 26.3 Å². The molecule has 0 bridgehead atoms. The predicted molar refractivity (Wildman–Crippen MR) is 114 cm³/mol. The van der Waals surface area contributed by atoms with Crippen molar-refractivity contribution in [3.8, 4) is 0 Å². The summed E-state index contributed by atoms with van der Waals surface area (Å²) in [4.78, 5) is 4.65. The molecule has 6 nitrogen and oxygen atoms in total. The second-order valence-electron chi connectivity index (χ2n) is 8.28. The lowest BCUT2D eigenvalue weighted by atomic mass is 9.78. The van der Waals surface area contributed by atoms with E-state index >= 15 is 0 Å². The number of pyridine rings is 1. The van der Waals surface area contributed by atoms with Crippen LogP contribution in [0.3, 0.4) is 0 Å². The molecule has 3 heterocycles. The van der Waals surface area contributed by atoms with Crippen molar-refractivity contribution in [1.82, 2.24) is 9.29 Å². The number of rotatable bonds is 7. The molecule has 4 rings (SSSR count). The normalized spacial score (nSPS) is 21.8. The summed E-state index contributed by atoms with van der Waals surface area (Å²) in [5.41, 5.74) is 1.77. The second kappa shape index (κ2) is 9.14. The topological polar surface area (TPSA) is 68.7 Å². The van der Waals surface area contributed by atoms with Gasteiger partial charge in [0.25, 0.3) is 0 Å². The minimum Gasteiger partial charge on any atom is -0.375 e. The molecule has 0 radical (unpaired) electrons. The Bertz CT molecular complexity index is 923. The van der Waals surface area contributed by atoms with Gasteiger partial charge in [-0.25, -0.2) is 8.42 Å². The predicted octanol–water partition coefficient (Wildman–Crippen LogP) is 3.56. The first kappa shape index (κ1) is 21.4. The number of sulfonamides is 1. The molecule has 2 saturated heterocycles. The summed E-state index contributed by atoms with van der Waals surface area (Å²) in [7, 11) is -3.45. The van der Waals surface area contributed by atoms with Crippen molar-refractivity contribution in [2.45, 2.75) is 49.7 Å². The molecule has 7 heteroatoms. The van der Waals surface area contributed by atoms with Gasteiger partial charge in [0.2, 0.25) is 10.0 Å². The smallest absolute Gasteiger partial charge is 0.243 e. The van der Waals surface area contributed by atoms with E-state index in [1.807, 2.05) is 37.3 Å². The molecule has 0 saturated carbocycles. The third-order valence-electron chi connectivity index (χ3n) is 6.41. The summed E-state index contributed by atoms with van der Waals surface area (Å²) >= 11 is 0. The van der Waals surface area contributed by atoms with Crippen LogP contribution in [0.4, 0.5) is 0 Å². The Labute approximate surface area is 179 Å². The van der Waals surface area contributed by atoms with Gasteiger partial charge in [0.1, 0.15) is 0 Å². The number of nitrogens with zero attached hydrogens (tertiary/aromatic N) is 2. The van der Waals surface area contributed by atoms with E-state index in [-0.39, 0.29) is 5.60 Å². The van der Waals surface area contributed by atoms with Gasteiger partial charge in [-0.15, -0.1) is 0 Å². The fourth-order valence-electron chi connectivity index (χ4n) is 4.60. The molecule has 2 aliphatic heterocycles. The number of piperidine rings is 1. The monoisotopic (exact) mass is 430 g/mol. The average molecular weight is 431 g/mol. The SMILES string of the molecule is Cc1ccc(S(=O)(=O)N2CCC3(CC2)OCC[C@@H]3CCOCc2ccccn2)cc1. The van der Waals surface area contributed by atoms with E-state index in [4.69, 9.17) is 9.47 Å². The Kier molecular flexibility index (Phi) is 6.53.